The molecule has 2 nitrogen and oxygen atoms in total. The third-order valence-corrected chi connectivity index (χ3v) is 4.06. The Morgan fingerprint density at radius 2 is 1.93 bits per heavy atom. The summed E-state index contributed by atoms with van der Waals surface area (Å²) < 4.78 is 0. The third-order valence-electron chi connectivity index (χ3n) is 4.06. The molecule has 0 saturated carbocycles. The van der Waals surface area contributed by atoms with Crippen LogP contribution in [0.4, 0.5) is 5.69 Å². The van der Waals surface area contributed by atoms with Crippen LogP contribution in [0.15, 0.2) is 17.1 Å². The van der Waals surface area contributed by atoms with E-state index in [-0.39, 0.29) is 0 Å². The highest BCUT2D eigenvalue weighted by molar-refractivity contribution is 5.77. The number of nitrogens with zero attached hydrogens (tertiary/aromatic N) is 1. The molecular weight excluding hydrogens is 184 g/mol. The fraction of sp³-hybridized carbons (Fsp3) is 0.462. The predicted octanol–water partition coefficient (Wildman–Crippen LogP) is 2.12. The molecule has 0 amide bonds. The molecule has 1 saturated heterocycles. The smallest absolute Gasteiger partial charge is 0.0664 e. The number of aliphatic imine (C=N–C) groups is 1. The van der Waals surface area contributed by atoms with Crippen molar-refractivity contribution < 1.29 is 0 Å². The molecule has 76 valence electrons. The fourth-order valence-corrected chi connectivity index (χ4v) is 3.32. The van der Waals surface area contributed by atoms with Gasteiger partial charge in [-0.05, 0) is 41.0 Å². The van der Waals surface area contributed by atoms with Crippen molar-refractivity contribution in [1.29, 1.82) is 0 Å². The van der Waals surface area contributed by atoms with Gasteiger partial charge in [-0.2, -0.15) is 0 Å². The van der Waals surface area contributed by atoms with Crippen molar-refractivity contribution in [1.82, 2.24) is 5.32 Å². The standard InChI is InChI=1S/C13H14N2/c1-2-15-13-5-12-10-3-9(6-14-7-10)11(12)4-8(1)13/h2,4-5,9-10,14H,1,3,6-7H2. The molecule has 0 radical (unpaired) electrons. The Kier molecular flexibility index (Phi) is 1.45. The molecule has 0 spiro atoms. The van der Waals surface area contributed by atoms with Crippen molar-refractivity contribution in [3.05, 3.63) is 28.8 Å². The zero-order valence-electron chi connectivity index (χ0n) is 8.66. The lowest BCUT2D eigenvalue weighted by Gasteiger charge is -2.19. The minimum absolute atomic E-state index is 0.750. The number of piperidine rings is 1. The molecule has 1 fully saturated rings. The monoisotopic (exact) mass is 198 g/mol. The average Bonchev–Trinajstić information content (AvgIpc) is 2.82. The van der Waals surface area contributed by atoms with Gasteiger partial charge in [0.2, 0.25) is 0 Å². The summed E-state index contributed by atoms with van der Waals surface area (Å²) in [5, 5.41) is 3.53. The third kappa shape index (κ3) is 1.00. The van der Waals surface area contributed by atoms with Gasteiger partial charge in [0.1, 0.15) is 0 Å². The van der Waals surface area contributed by atoms with Crippen LogP contribution < -0.4 is 5.32 Å². The Hall–Kier alpha value is -1.15. The molecule has 1 aliphatic carbocycles. The topological polar surface area (TPSA) is 24.4 Å². The lowest BCUT2D eigenvalue weighted by atomic mass is 9.97. The first-order valence-corrected chi connectivity index (χ1v) is 5.82. The van der Waals surface area contributed by atoms with Crippen LogP contribution in [0, 0.1) is 0 Å². The van der Waals surface area contributed by atoms with Crippen LogP contribution in [0.5, 0.6) is 0 Å². The molecule has 2 atom stereocenters. The van der Waals surface area contributed by atoms with E-state index in [1.165, 1.54) is 24.2 Å². The summed E-state index contributed by atoms with van der Waals surface area (Å²) in [5.74, 6) is 1.52. The van der Waals surface area contributed by atoms with E-state index in [1.807, 2.05) is 6.21 Å². The quantitative estimate of drug-likeness (QED) is 0.678. The van der Waals surface area contributed by atoms with E-state index in [2.05, 4.69) is 22.4 Å². The minimum Gasteiger partial charge on any atom is -0.316 e. The van der Waals surface area contributed by atoms with Crippen LogP contribution in [0.2, 0.25) is 0 Å². The van der Waals surface area contributed by atoms with E-state index >= 15 is 0 Å². The Morgan fingerprint density at radius 1 is 1.13 bits per heavy atom. The highest BCUT2D eigenvalue weighted by Gasteiger charge is 2.34. The number of fused-ring (bicyclic) bond motifs is 6. The van der Waals surface area contributed by atoms with Gasteiger partial charge in [-0.3, -0.25) is 4.99 Å². The number of rotatable bonds is 0. The first kappa shape index (κ1) is 8.05. The van der Waals surface area contributed by atoms with E-state index in [9.17, 15) is 0 Å². The van der Waals surface area contributed by atoms with Crippen molar-refractivity contribution in [2.75, 3.05) is 13.1 Å². The van der Waals surface area contributed by atoms with Crippen LogP contribution in [0.3, 0.4) is 0 Å². The molecule has 4 rings (SSSR count). The second-order valence-corrected chi connectivity index (χ2v) is 4.91. The molecule has 2 bridgehead atoms. The summed E-state index contributed by atoms with van der Waals surface area (Å²) in [7, 11) is 0. The molecule has 2 heterocycles. The van der Waals surface area contributed by atoms with Crippen molar-refractivity contribution >= 4 is 11.9 Å². The summed E-state index contributed by atoms with van der Waals surface area (Å²) in [5.41, 5.74) is 5.83. The lowest BCUT2D eigenvalue weighted by molar-refractivity contribution is 0.454. The van der Waals surface area contributed by atoms with Crippen molar-refractivity contribution in [3.63, 3.8) is 0 Å². The van der Waals surface area contributed by atoms with E-state index in [0.717, 1.165) is 24.8 Å². The second-order valence-electron chi connectivity index (χ2n) is 4.91. The summed E-state index contributed by atoms with van der Waals surface area (Å²) in [6.07, 6.45) is 4.43. The molecule has 2 unspecified atom stereocenters. The second kappa shape index (κ2) is 2.70. The van der Waals surface area contributed by atoms with Gasteiger partial charge < -0.3 is 5.32 Å². The minimum atomic E-state index is 0.750. The first-order valence-electron chi connectivity index (χ1n) is 5.82. The molecule has 2 aliphatic heterocycles. The van der Waals surface area contributed by atoms with Gasteiger partial charge in [0, 0.05) is 25.7 Å². The Morgan fingerprint density at radius 3 is 2.80 bits per heavy atom. The van der Waals surface area contributed by atoms with Crippen LogP contribution in [0.25, 0.3) is 0 Å². The van der Waals surface area contributed by atoms with Gasteiger partial charge in [-0.15, -0.1) is 0 Å². The number of hydrogen-bond acceptors (Lipinski definition) is 2. The van der Waals surface area contributed by atoms with Gasteiger partial charge in [0.15, 0.2) is 0 Å². The average molecular weight is 198 g/mol. The molecule has 1 N–H and O–H groups in total. The molecule has 2 heteroatoms. The van der Waals surface area contributed by atoms with Crippen LogP contribution >= 0.6 is 0 Å². The largest absolute Gasteiger partial charge is 0.316 e. The van der Waals surface area contributed by atoms with Crippen molar-refractivity contribution in [2.24, 2.45) is 4.99 Å². The van der Waals surface area contributed by atoms with Gasteiger partial charge in [-0.1, -0.05) is 6.07 Å². The van der Waals surface area contributed by atoms with Gasteiger partial charge in [0.05, 0.1) is 5.69 Å². The SMILES string of the molecule is C1=Nc2cc3c(cc2C1)C1CNCC3C1. The van der Waals surface area contributed by atoms with E-state index < -0.39 is 0 Å². The molecule has 15 heavy (non-hydrogen) atoms. The maximum Gasteiger partial charge on any atom is 0.0664 e. The van der Waals surface area contributed by atoms with E-state index in [1.54, 1.807) is 11.1 Å². The summed E-state index contributed by atoms with van der Waals surface area (Å²) in [6, 6.07) is 4.75. The first-order chi connectivity index (χ1) is 7.42. The van der Waals surface area contributed by atoms with Crippen molar-refractivity contribution in [2.45, 2.75) is 24.7 Å². The Labute approximate surface area is 89.4 Å². The van der Waals surface area contributed by atoms with E-state index in [4.69, 9.17) is 0 Å². The summed E-state index contributed by atoms with van der Waals surface area (Å²) >= 11 is 0. The summed E-state index contributed by atoms with van der Waals surface area (Å²) in [6.45, 7) is 2.33. The molecule has 1 aromatic rings. The number of nitrogens with one attached hydrogen (secondary N) is 1. The lowest BCUT2D eigenvalue weighted by Crippen LogP contribution is -2.28. The molecule has 1 aromatic carbocycles. The molecular formula is C13H14N2. The van der Waals surface area contributed by atoms with Crippen LogP contribution in [0.1, 0.15) is 34.9 Å². The number of benzene rings is 1. The van der Waals surface area contributed by atoms with Crippen LogP contribution in [-0.2, 0) is 6.42 Å². The Bertz CT molecular complexity index is 462. The predicted molar refractivity (Wildman–Crippen MR) is 61.3 cm³/mol. The zero-order chi connectivity index (χ0) is 9.83. The van der Waals surface area contributed by atoms with Gasteiger partial charge in [-0.25, -0.2) is 0 Å². The highest BCUT2D eigenvalue weighted by atomic mass is 14.9. The molecule has 3 aliphatic rings. The van der Waals surface area contributed by atoms with Crippen LogP contribution in [-0.4, -0.2) is 19.3 Å². The fourth-order valence-electron chi connectivity index (χ4n) is 3.32. The number of hydrogen-bond donors (Lipinski definition) is 1. The van der Waals surface area contributed by atoms with E-state index in [0.29, 0.717) is 0 Å². The zero-order valence-corrected chi connectivity index (χ0v) is 8.66. The Balaban J connectivity index is 1.93. The van der Waals surface area contributed by atoms with Crippen molar-refractivity contribution in [3.8, 4) is 0 Å². The highest BCUT2D eigenvalue weighted by Crippen LogP contribution is 2.46. The maximum absolute atomic E-state index is 4.45. The van der Waals surface area contributed by atoms with Gasteiger partial charge >= 0.3 is 0 Å². The summed E-state index contributed by atoms with van der Waals surface area (Å²) in [4.78, 5) is 4.45. The molecule has 0 aromatic heterocycles. The normalized spacial score (nSPS) is 30.4. The van der Waals surface area contributed by atoms with Gasteiger partial charge in [0.25, 0.3) is 0 Å². The maximum atomic E-state index is 4.45.